The van der Waals surface area contributed by atoms with Crippen LogP contribution in [0.5, 0.6) is 0 Å². The molecule has 1 atom stereocenters. The molecule has 0 bridgehead atoms. The number of rotatable bonds is 7. The van der Waals surface area contributed by atoms with Gasteiger partial charge in [-0.05, 0) is 25.5 Å². The smallest absolute Gasteiger partial charge is 0.232 e. The molecule has 0 aliphatic rings. The normalized spacial score (nSPS) is 13.5. The fourth-order valence-electron chi connectivity index (χ4n) is 2.29. The molecule has 120 valence electrons. The average molecular weight is 339 g/mol. The standard InChI is InChI=1S/C15H21N3O2S2/c1-4-13(10-12-8-6-5-7-9-12)18(2)11-14-16-17-15(21-14)22(3,19)20/h5-9,13H,4,10-11H2,1-3H3/t13-/m0/s1. The Hall–Kier alpha value is -1.31. The van der Waals surface area contributed by atoms with E-state index in [0.29, 0.717) is 12.6 Å². The Labute approximate surface area is 135 Å². The highest BCUT2D eigenvalue weighted by Gasteiger charge is 2.18. The molecule has 0 saturated heterocycles. The summed E-state index contributed by atoms with van der Waals surface area (Å²) in [6.45, 7) is 2.77. The van der Waals surface area contributed by atoms with Crippen molar-refractivity contribution in [3.63, 3.8) is 0 Å². The second-order valence-electron chi connectivity index (χ2n) is 5.40. The average Bonchev–Trinajstić information content (AvgIpc) is 2.94. The number of nitrogens with zero attached hydrogens (tertiary/aromatic N) is 3. The van der Waals surface area contributed by atoms with E-state index in [9.17, 15) is 8.42 Å². The summed E-state index contributed by atoms with van der Waals surface area (Å²) in [4.78, 5) is 2.21. The van der Waals surface area contributed by atoms with E-state index in [-0.39, 0.29) is 4.34 Å². The second kappa shape index (κ2) is 7.30. The molecule has 0 N–H and O–H groups in total. The first-order chi connectivity index (χ1) is 10.4. The van der Waals surface area contributed by atoms with Gasteiger partial charge < -0.3 is 0 Å². The molecule has 22 heavy (non-hydrogen) atoms. The van der Waals surface area contributed by atoms with Crippen LogP contribution in [0.2, 0.25) is 0 Å². The summed E-state index contributed by atoms with van der Waals surface area (Å²) in [5, 5.41) is 8.49. The molecule has 0 aliphatic heterocycles. The molecule has 0 unspecified atom stereocenters. The second-order valence-corrected chi connectivity index (χ2v) is 8.65. The Morgan fingerprint density at radius 1 is 1.23 bits per heavy atom. The molecule has 7 heteroatoms. The zero-order valence-corrected chi connectivity index (χ0v) is 14.7. The quantitative estimate of drug-likeness (QED) is 0.775. The van der Waals surface area contributed by atoms with Crippen molar-refractivity contribution in [1.82, 2.24) is 15.1 Å². The molecule has 0 fully saturated rings. The first-order valence-electron chi connectivity index (χ1n) is 7.16. The van der Waals surface area contributed by atoms with Crippen molar-refractivity contribution in [2.24, 2.45) is 0 Å². The van der Waals surface area contributed by atoms with Crippen molar-refractivity contribution < 1.29 is 8.42 Å². The van der Waals surface area contributed by atoms with Crippen molar-refractivity contribution in [2.75, 3.05) is 13.3 Å². The molecule has 1 aromatic carbocycles. The lowest BCUT2D eigenvalue weighted by Crippen LogP contribution is -2.32. The highest BCUT2D eigenvalue weighted by Crippen LogP contribution is 2.19. The Morgan fingerprint density at radius 2 is 1.91 bits per heavy atom. The van der Waals surface area contributed by atoms with Crippen LogP contribution in [-0.2, 0) is 22.8 Å². The van der Waals surface area contributed by atoms with Gasteiger partial charge in [-0.3, -0.25) is 4.90 Å². The van der Waals surface area contributed by atoms with Crippen molar-refractivity contribution in [2.45, 2.75) is 36.7 Å². The van der Waals surface area contributed by atoms with E-state index in [1.807, 2.05) is 25.2 Å². The molecule has 2 aromatic rings. The lowest BCUT2D eigenvalue weighted by Gasteiger charge is -2.26. The van der Waals surface area contributed by atoms with Crippen LogP contribution in [0.15, 0.2) is 34.7 Å². The van der Waals surface area contributed by atoms with Gasteiger partial charge in [0.2, 0.25) is 14.2 Å². The third-order valence-corrected chi connectivity index (χ3v) is 6.14. The number of aromatic nitrogens is 2. The minimum atomic E-state index is -3.27. The van der Waals surface area contributed by atoms with Crippen LogP contribution < -0.4 is 0 Å². The van der Waals surface area contributed by atoms with Crippen molar-refractivity contribution in [3.05, 3.63) is 40.9 Å². The first-order valence-corrected chi connectivity index (χ1v) is 9.87. The maximum Gasteiger partial charge on any atom is 0.232 e. The van der Waals surface area contributed by atoms with E-state index in [1.165, 1.54) is 5.56 Å². The Balaban J connectivity index is 2.03. The van der Waals surface area contributed by atoms with E-state index in [0.717, 1.165) is 35.4 Å². The summed E-state index contributed by atoms with van der Waals surface area (Å²) in [6.07, 6.45) is 3.14. The maximum atomic E-state index is 11.5. The molecular formula is C15H21N3O2S2. The van der Waals surface area contributed by atoms with Gasteiger partial charge >= 0.3 is 0 Å². The van der Waals surface area contributed by atoms with Crippen LogP contribution in [-0.4, -0.2) is 42.9 Å². The van der Waals surface area contributed by atoms with Crippen molar-refractivity contribution in [1.29, 1.82) is 0 Å². The van der Waals surface area contributed by atoms with E-state index in [1.54, 1.807) is 0 Å². The molecule has 1 heterocycles. The summed E-state index contributed by atoms with van der Waals surface area (Å²) < 4.78 is 23.0. The van der Waals surface area contributed by atoms with Crippen molar-refractivity contribution >= 4 is 21.2 Å². The largest absolute Gasteiger partial charge is 0.296 e. The minimum Gasteiger partial charge on any atom is -0.296 e. The zero-order valence-electron chi connectivity index (χ0n) is 13.1. The van der Waals surface area contributed by atoms with Gasteiger partial charge in [0, 0.05) is 12.3 Å². The van der Waals surface area contributed by atoms with Gasteiger partial charge in [0.25, 0.3) is 0 Å². The third kappa shape index (κ3) is 4.59. The SMILES string of the molecule is CC[C@@H](Cc1ccccc1)N(C)Cc1nnc(S(C)(=O)=O)s1. The maximum absolute atomic E-state index is 11.5. The predicted molar refractivity (Wildman–Crippen MR) is 88.7 cm³/mol. The molecule has 1 aromatic heterocycles. The molecule has 0 aliphatic carbocycles. The van der Waals surface area contributed by atoms with Crippen LogP contribution in [0.3, 0.4) is 0 Å². The lowest BCUT2D eigenvalue weighted by atomic mass is 10.0. The molecule has 0 amide bonds. The van der Waals surface area contributed by atoms with E-state index in [2.05, 4.69) is 34.2 Å². The van der Waals surface area contributed by atoms with E-state index >= 15 is 0 Å². The Kier molecular flexibility index (Phi) is 5.66. The zero-order chi connectivity index (χ0) is 16.2. The number of benzene rings is 1. The van der Waals surface area contributed by atoms with E-state index in [4.69, 9.17) is 0 Å². The summed E-state index contributed by atoms with van der Waals surface area (Å²) in [7, 11) is -1.23. The lowest BCUT2D eigenvalue weighted by molar-refractivity contribution is 0.225. The third-order valence-electron chi connectivity index (χ3n) is 3.56. The van der Waals surface area contributed by atoms with Gasteiger partial charge in [-0.25, -0.2) is 8.42 Å². The van der Waals surface area contributed by atoms with Gasteiger partial charge in [-0.2, -0.15) is 0 Å². The molecule has 2 rings (SSSR count). The van der Waals surface area contributed by atoms with Gasteiger partial charge in [0.05, 0.1) is 6.54 Å². The van der Waals surface area contributed by atoms with E-state index < -0.39 is 9.84 Å². The van der Waals surface area contributed by atoms with Gasteiger partial charge in [0.1, 0.15) is 5.01 Å². The van der Waals surface area contributed by atoms with Crippen LogP contribution >= 0.6 is 11.3 Å². The van der Waals surface area contributed by atoms with Gasteiger partial charge in [0.15, 0.2) is 0 Å². The number of likely N-dealkylation sites (N-methyl/N-ethyl adjacent to an activating group) is 1. The molecule has 0 spiro atoms. The monoisotopic (exact) mass is 339 g/mol. The van der Waals surface area contributed by atoms with Crippen LogP contribution in [0.1, 0.15) is 23.9 Å². The topological polar surface area (TPSA) is 63.2 Å². The Morgan fingerprint density at radius 3 is 2.45 bits per heavy atom. The van der Waals surface area contributed by atoms with Gasteiger partial charge in [-0.15, -0.1) is 10.2 Å². The summed E-state index contributed by atoms with van der Waals surface area (Å²) in [5.74, 6) is 0. The predicted octanol–water partition coefficient (Wildman–Crippen LogP) is 2.39. The first kappa shape index (κ1) is 17.1. The minimum absolute atomic E-state index is 0.0898. The molecule has 5 nitrogen and oxygen atoms in total. The highest BCUT2D eigenvalue weighted by molar-refractivity contribution is 7.92. The number of hydrogen-bond acceptors (Lipinski definition) is 6. The molecule has 0 radical (unpaired) electrons. The summed E-state index contributed by atoms with van der Waals surface area (Å²) >= 11 is 1.15. The molecular weight excluding hydrogens is 318 g/mol. The van der Waals surface area contributed by atoms with Crippen LogP contribution in [0.4, 0.5) is 0 Å². The van der Waals surface area contributed by atoms with Crippen LogP contribution in [0, 0.1) is 0 Å². The van der Waals surface area contributed by atoms with Gasteiger partial charge in [-0.1, -0.05) is 48.6 Å². The van der Waals surface area contributed by atoms with Crippen molar-refractivity contribution in [3.8, 4) is 0 Å². The number of sulfone groups is 1. The number of hydrogen-bond donors (Lipinski definition) is 0. The van der Waals surface area contributed by atoms with Crippen LogP contribution in [0.25, 0.3) is 0 Å². The summed E-state index contributed by atoms with van der Waals surface area (Å²) in [6, 6.07) is 10.7. The Bertz CT molecular complexity index is 699. The summed E-state index contributed by atoms with van der Waals surface area (Å²) in [5.41, 5.74) is 1.30. The fraction of sp³-hybridized carbons (Fsp3) is 0.467. The highest BCUT2D eigenvalue weighted by atomic mass is 32.2. The fourth-order valence-corrected chi connectivity index (χ4v) is 4.01. The molecule has 0 saturated carbocycles.